The molecule has 0 atom stereocenters. The van der Waals surface area contributed by atoms with Gasteiger partial charge in [-0.2, -0.15) is 4.98 Å². The zero-order valence-corrected chi connectivity index (χ0v) is 12.8. The topological polar surface area (TPSA) is 96.3 Å². The Morgan fingerprint density at radius 2 is 1.74 bits per heavy atom. The molecule has 0 bridgehead atoms. The van der Waals surface area contributed by atoms with Gasteiger partial charge in [0.1, 0.15) is 17.3 Å². The molecule has 1 aromatic heterocycles. The number of benzene rings is 2. The smallest absolute Gasteiger partial charge is 0.222 e. The SMILES string of the molecule is COc1ccccc1CCOc1cccc2nc(N)nc(N)c12. The van der Waals surface area contributed by atoms with Crippen LogP contribution in [0.3, 0.4) is 0 Å². The fraction of sp³-hybridized carbons (Fsp3) is 0.176. The fourth-order valence-corrected chi connectivity index (χ4v) is 2.50. The van der Waals surface area contributed by atoms with Crippen LogP contribution in [0.25, 0.3) is 10.9 Å². The highest BCUT2D eigenvalue weighted by atomic mass is 16.5. The van der Waals surface area contributed by atoms with Gasteiger partial charge < -0.3 is 20.9 Å². The van der Waals surface area contributed by atoms with E-state index < -0.39 is 0 Å². The van der Waals surface area contributed by atoms with Gasteiger partial charge in [-0.1, -0.05) is 24.3 Å². The first-order chi connectivity index (χ1) is 11.2. The third-order valence-electron chi connectivity index (χ3n) is 3.55. The zero-order chi connectivity index (χ0) is 16.2. The Hall–Kier alpha value is -3.02. The second-order valence-corrected chi connectivity index (χ2v) is 5.03. The minimum Gasteiger partial charge on any atom is -0.496 e. The average molecular weight is 310 g/mol. The van der Waals surface area contributed by atoms with Crippen LogP contribution in [-0.2, 0) is 6.42 Å². The molecule has 0 saturated carbocycles. The highest BCUT2D eigenvalue weighted by molar-refractivity contribution is 5.94. The minimum atomic E-state index is 0.154. The average Bonchev–Trinajstić information content (AvgIpc) is 2.55. The molecule has 1 heterocycles. The third-order valence-corrected chi connectivity index (χ3v) is 3.55. The Bertz CT molecular complexity index is 836. The molecular formula is C17H18N4O2. The maximum atomic E-state index is 5.96. The fourth-order valence-electron chi connectivity index (χ4n) is 2.50. The number of fused-ring (bicyclic) bond motifs is 1. The summed E-state index contributed by atoms with van der Waals surface area (Å²) < 4.78 is 11.2. The van der Waals surface area contributed by atoms with Crippen LogP contribution in [0.15, 0.2) is 42.5 Å². The van der Waals surface area contributed by atoms with Gasteiger partial charge in [0.15, 0.2) is 0 Å². The minimum absolute atomic E-state index is 0.154. The number of para-hydroxylation sites is 1. The Labute approximate surface area is 134 Å². The van der Waals surface area contributed by atoms with Crippen LogP contribution < -0.4 is 20.9 Å². The first-order valence-corrected chi connectivity index (χ1v) is 7.25. The van der Waals surface area contributed by atoms with E-state index in [0.29, 0.717) is 29.1 Å². The lowest BCUT2D eigenvalue weighted by Gasteiger charge is -2.12. The van der Waals surface area contributed by atoms with Gasteiger partial charge in [0.25, 0.3) is 0 Å². The van der Waals surface area contributed by atoms with Gasteiger partial charge in [0.05, 0.1) is 24.6 Å². The van der Waals surface area contributed by atoms with Gasteiger partial charge in [-0.15, -0.1) is 0 Å². The summed E-state index contributed by atoms with van der Waals surface area (Å²) in [6, 6.07) is 13.4. The number of nitrogens with two attached hydrogens (primary N) is 2. The molecule has 118 valence electrons. The van der Waals surface area contributed by atoms with E-state index in [4.69, 9.17) is 20.9 Å². The number of methoxy groups -OCH3 is 1. The summed E-state index contributed by atoms with van der Waals surface area (Å²) >= 11 is 0. The summed E-state index contributed by atoms with van der Waals surface area (Å²) in [6.07, 6.45) is 0.718. The van der Waals surface area contributed by atoms with Crippen molar-refractivity contribution in [3.8, 4) is 11.5 Å². The molecule has 4 N–H and O–H groups in total. The lowest BCUT2D eigenvalue weighted by atomic mass is 10.1. The lowest BCUT2D eigenvalue weighted by Crippen LogP contribution is -2.05. The van der Waals surface area contributed by atoms with Crippen molar-refractivity contribution in [2.75, 3.05) is 25.2 Å². The Morgan fingerprint density at radius 1 is 0.957 bits per heavy atom. The summed E-state index contributed by atoms with van der Waals surface area (Å²) in [6.45, 7) is 0.489. The summed E-state index contributed by atoms with van der Waals surface area (Å²) in [7, 11) is 1.66. The summed E-state index contributed by atoms with van der Waals surface area (Å²) in [5.74, 6) is 1.97. The number of aromatic nitrogens is 2. The van der Waals surface area contributed by atoms with Gasteiger partial charge in [0.2, 0.25) is 5.95 Å². The molecule has 6 nitrogen and oxygen atoms in total. The largest absolute Gasteiger partial charge is 0.496 e. The van der Waals surface area contributed by atoms with E-state index in [9.17, 15) is 0 Å². The molecule has 3 rings (SSSR count). The molecule has 0 aliphatic carbocycles. The molecule has 0 radical (unpaired) electrons. The van der Waals surface area contributed by atoms with Crippen molar-refractivity contribution in [1.29, 1.82) is 0 Å². The van der Waals surface area contributed by atoms with Crippen LogP contribution in [0.1, 0.15) is 5.56 Å². The summed E-state index contributed by atoms with van der Waals surface area (Å²) in [5, 5.41) is 0.682. The van der Waals surface area contributed by atoms with Crippen LogP contribution >= 0.6 is 0 Å². The molecule has 0 aliphatic rings. The van der Waals surface area contributed by atoms with Gasteiger partial charge in [-0.25, -0.2) is 4.98 Å². The van der Waals surface area contributed by atoms with Crippen molar-refractivity contribution in [2.24, 2.45) is 0 Å². The van der Waals surface area contributed by atoms with E-state index in [1.165, 1.54) is 0 Å². The van der Waals surface area contributed by atoms with Crippen molar-refractivity contribution in [1.82, 2.24) is 9.97 Å². The summed E-state index contributed by atoms with van der Waals surface area (Å²) in [4.78, 5) is 8.18. The van der Waals surface area contributed by atoms with Gasteiger partial charge in [-0.3, -0.25) is 0 Å². The molecule has 6 heteroatoms. The van der Waals surface area contributed by atoms with Crippen molar-refractivity contribution >= 4 is 22.7 Å². The second kappa shape index (κ2) is 6.39. The van der Waals surface area contributed by atoms with E-state index in [-0.39, 0.29) is 5.95 Å². The maximum Gasteiger partial charge on any atom is 0.222 e. The van der Waals surface area contributed by atoms with E-state index in [0.717, 1.165) is 17.7 Å². The van der Waals surface area contributed by atoms with Crippen molar-refractivity contribution in [2.45, 2.75) is 6.42 Å². The number of rotatable bonds is 5. The second-order valence-electron chi connectivity index (χ2n) is 5.03. The van der Waals surface area contributed by atoms with Gasteiger partial charge >= 0.3 is 0 Å². The quantitative estimate of drug-likeness (QED) is 0.751. The van der Waals surface area contributed by atoms with Crippen LogP contribution in [-0.4, -0.2) is 23.7 Å². The van der Waals surface area contributed by atoms with Gasteiger partial charge in [-0.05, 0) is 23.8 Å². The monoisotopic (exact) mass is 310 g/mol. The highest BCUT2D eigenvalue weighted by Crippen LogP contribution is 2.29. The number of hydrogen-bond donors (Lipinski definition) is 2. The predicted molar refractivity (Wildman–Crippen MR) is 90.6 cm³/mol. The number of hydrogen-bond acceptors (Lipinski definition) is 6. The third kappa shape index (κ3) is 3.11. The van der Waals surface area contributed by atoms with E-state index in [1.54, 1.807) is 7.11 Å². The number of nitrogens with zero attached hydrogens (tertiary/aromatic N) is 2. The molecule has 0 aliphatic heterocycles. The van der Waals surface area contributed by atoms with Crippen LogP contribution in [0.2, 0.25) is 0 Å². The van der Waals surface area contributed by atoms with E-state index >= 15 is 0 Å². The molecular weight excluding hydrogens is 292 g/mol. The Morgan fingerprint density at radius 3 is 2.57 bits per heavy atom. The van der Waals surface area contributed by atoms with E-state index in [1.807, 2.05) is 42.5 Å². The number of anilines is 2. The summed E-state index contributed by atoms with van der Waals surface area (Å²) in [5.41, 5.74) is 13.3. The van der Waals surface area contributed by atoms with Crippen molar-refractivity contribution < 1.29 is 9.47 Å². The molecule has 23 heavy (non-hydrogen) atoms. The zero-order valence-electron chi connectivity index (χ0n) is 12.8. The Kier molecular flexibility index (Phi) is 4.14. The number of nitrogen functional groups attached to an aromatic ring is 2. The van der Waals surface area contributed by atoms with Crippen LogP contribution in [0, 0.1) is 0 Å². The number of ether oxygens (including phenoxy) is 2. The molecule has 0 saturated heterocycles. The van der Waals surface area contributed by atoms with Crippen LogP contribution in [0.4, 0.5) is 11.8 Å². The molecule has 0 unspecified atom stereocenters. The van der Waals surface area contributed by atoms with Crippen LogP contribution in [0.5, 0.6) is 11.5 Å². The van der Waals surface area contributed by atoms with E-state index in [2.05, 4.69) is 9.97 Å². The molecule has 2 aromatic carbocycles. The highest BCUT2D eigenvalue weighted by Gasteiger charge is 2.10. The van der Waals surface area contributed by atoms with Crippen molar-refractivity contribution in [3.05, 3.63) is 48.0 Å². The lowest BCUT2D eigenvalue weighted by molar-refractivity contribution is 0.322. The molecule has 0 fully saturated rings. The predicted octanol–water partition coefficient (Wildman–Crippen LogP) is 2.42. The standard InChI is InChI=1S/C17H18N4O2/c1-22-13-7-3-2-5-11(13)9-10-23-14-8-4-6-12-15(14)16(18)21-17(19)20-12/h2-8H,9-10H2,1H3,(H4,18,19,20,21). The first-order valence-electron chi connectivity index (χ1n) is 7.25. The maximum absolute atomic E-state index is 5.96. The normalized spacial score (nSPS) is 10.7. The molecule has 3 aromatic rings. The molecule has 0 amide bonds. The van der Waals surface area contributed by atoms with Gasteiger partial charge in [0, 0.05) is 6.42 Å². The van der Waals surface area contributed by atoms with Crippen molar-refractivity contribution in [3.63, 3.8) is 0 Å². The molecule has 0 spiro atoms. The Balaban J connectivity index is 1.80. The first kappa shape index (κ1) is 14.9.